The lowest BCUT2D eigenvalue weighted by molar-refractivity contribution is -0.385. The number of rotatable bonds is 5. The molecule has 0 atom stereocenters. The molecule has 2 aromatic carbocycles. The molecule has 128 valence electrons. The van der Waals surface area contributed by atoms with Gasteiger partial charge in [-0.1, -0.05) is 6.07 Å². The van der Waals surface area contributed by atoms with Gasteiger partial charge in [0.15, 0.2) is 11.5 Å². The second-order valence-corrected chi connectivity index (χ2v) is 4.68. The zero-order valence-corrected chi connectivity index (χ0v) is 12.3. The Morgan fingerprint density at radius 1 is 1.12 bits per heavy atom. The van der Waals surface area contributed by atoms with Crippen LogP contribution < -0.4 is 9.47 Å². The smallest absolute Gasteiger partial charge is 0.416 e. The van der Waals surface area contributed by atoms with Gasteiger partial charge in [0.25, 0.3) is 0 Å². The summed E-state index contributed by atoms with van der Waals surface area (Å²) in [5, 5.41) is 20.1. The Morgan fingerprint density at radius 2 is 1.83 bits per heavy atom. The molecule has 0 saturated carbocycles. The van der Waals surface area contributed by atoms with Crippen molar-refractivity contribution in [3.63, 3.8) is 0 Å². The van der Waals surface area contributed by atoms with E-state index in [1.807, 2.05) is 0 Å². The van der Waals surface area contributed by atoms with Crippen LogP contribution in [0, 0.1) is 10.1 Å². The van der Waals surface area contributed by atoms with Crippen LogP contribution in [0.25, 0.3) is 0 Å². The number of methoxy groups -OCH3 is 1. The van der Waals surface area contributed by atoms with Crippen LogP contribution in [0.1, 0.15) is 11.1 Å². The number of alkyl halides is 3. The van der Waals surface area contributed by atoms with Crippen molar-refractivity contribution < 1.29 is 32.7 Å². The third kappa shape index (κ3) is 3.74. The lowest BCUT2D eigenvalue weighted by Crippen LogP contribution is -2.06. The first-order valence-corrected chi connectivity index (χ1v) is 6.57. The van der Waals surface area contributed by atoms with E-state index >= 15 is 0 Å². The van der Waals surface area contributed by atoms with Gasteiger partial charge in [-0.15, -0.1) is 0 Å². The van der Waals surface area contributed by atoms with Crippen molar-refractivity contribution in [2.24, 2.45) is 0 Å². The van der Waals surface area contributed by atoms with Crippen molar-refractivity contribution in [3.05, 3.63) is 57.6 Å². The van der Waals surface area contributed by atoms with Gasteiger partial charge in [0, 0.05) is 12.1 Å². The summed E-state index contributed by atoms with van der Waals surface area (Å²) in [5.41, 5.74) is -1.21. The van der Waals surface area contributed by atoms with Gasteiger partial charge in [-0.05, 0) is 23.8 Å². The number of hydrogen-bond donors (Lipinski definition) is 1. The molecule has 0 aliphatic carbocycles. The van der Waals surface area contributed by atoms with Crippen LogP contribution in [0.15, 0.2) is 36.4 Å². The predicted octanol–water partition coefficient (Wildman–Crippen LogP) is 3.91. The molecule has 0 amide bonds. The first kappa shape index (κ1) is 17.5. The van der Waals surface area contributed by atoms with Gasteiger partial charge in [-0.2, -0.15) is 13.2 Å². The van der Waals surface area contributed by atoms with Crippen molar-refractivity contribution in [2.75, 3.05) is 7.11 Å². The van der Waals surface area contributed by atoms with Crippen molar-refractivity contribution >= 4 is 5.69 Å². The third-order valence-electron chi connectivity index (χ3n) is 3.11. The molecule has 2 rings (SSSR count). The number of hydrogen-bond acceptors (Lipinski definition) is 5. The molecule has 0 unspecified atom stereocenters. The maximum atomic E-state index is 12.8. The molecule has 0 bridgehead atoms. The first-order valence-electron chi connectivity index (χ1n) is 6.57. The fourth-order valence-corrected chi connectivity index (χ4v) is 1.94. The molecule has 1 N–H and O–H groups in total. The van der Waals surface area contributed by atoms with E-state index in [2.05, 4.69) is 0 Å². The highest BCUT2D eigenvalue weighted by atomic mass is 19.4. The standard InChI is InChI=1S/C15H12F3NO5/c1-23-14-6-9(8-20)2-5-12(14)24-13-7-10(15(16,17)18)3-4-11(13)19(21)22/h2-7,20H,8H2,1H3. The van der Waals surface area contributed by atoms with Crippen molar-refractivity contribution in [2.45, 2.75) is 12.8 Å². The molecule has 2 aromatic rings. The molecule has 0 radical (unpaired) electrons. The van der Waals surface area contributed by atoms with E-state index in [1.165, 1.54) is 25.3 Å². The summed E-state index contributed by atoms with van der Waals surface area (Å²) in [7, 11) is 1.30. The zero-order valence-electron chi connectivity index (χ0n) is 12.3. The largest absolute Gasteiger partial charge is 0.493 e. The number of aliphatic hydroxyl groups is 1. The molecule has 0 aliphatic heterocycles. The quantitative estimate of drug-likeness (QED) is 0.657. The Kier molecular flexibility index (Phi) is 4.93. The van der Waals surface area contributed by atoms with E-state index in [9.17, 15) is 23.3 Å². The van der Waals surface area contributed by atoms with Crippen LogP contribution in [0.3, 0.4) is 0 Å². The number of ether oxygens (including phenoxy) is 2. The number of aliphatic hydroxyl groups excluding tert-OH is 1. The molecule has 0 saturated heterocycles. The molecule has 0 spiro atoms. The maximum absolute atomic E-state index is 12.8. The minimum absolute atomic E-state index is 0.0166. The van der Waals surface area contributed by atoms with E-state index in [0.29, 0.717) is 17.7 Å². The number of halogens is 3. The Hall–Kier alpha value is -2.81. The van der Waals surface area contributed by atoms with E-state index < -0.39 is 28.1 Å². The fourth-order valence-electron chi connectivity index (χ4n) is 1.94. The molecular weight excluding hydrogens is 331 g/mol. The summed E-state index contributed by atoms with van der Waals surface area (Å²) in [6.07, 6.45) is -4.67. The number of nitrogens with zero attached hydrogens (tertiary/aromatic N) is 1. The predicted molar refractivity (Wildman–Crippen MR) is 77.1 cm³/mol. The number of nitro benzene ring substituents is 1. The summed E-state index contributed by atoms with van der Waals surface area (Å²) in [6.45, 7) is -0.277. The van der Waals surface area contributed by atoms with E-state index in [0.717, 1.165) is 6.07 Å². The van der Waals surface area contributed by atoms with Crippen LogP contribution >= 0.6 is 0 Å². The second-order valence-electron chi connectivity index (χ2n) is 4.68. The topological polar surface area (TPSA) is 81.8 Å². The van der Waals surface area contributed by atoms with E-state index in [1.54, 1.807) is 0 Å². The Morgan fingerprint density at radius 3 is 2.38 bits per heavy atom. The monoisotopic (exact) mass is 343 g/mol. The SMILES string of the molecule is COc1cc(CO)ccc1Oc1cc(C(F)(F)F)ccc1[N+](=O)[O-]. The Labute approximate surface area is 134 Å². The van der Waals surface area contributed by atoms with Gasteiger partial charge < -0.3 is 14.6 Å². The number of nitro groups is 1. The summed E-state index contributed by atoms with van der Waals surface area (Å²) in [6, 6.07) is 6.10. The molecule has 6 nitrogen and oxygen atoms in total. The average Bonchev–Trinajstić information content (AvgIpc) is 2.54. The summed E-state index contributed by atoms with van der Waals surface area (Å²) < 4.78 is 48.7. The average molecular weight is 343 g/mol. The van der Waals surface area contributed by atoms with Gasteiger partial charge in [-0.3, -0.25) is 10.1 Å². The van der Waals surface area contributed by atoms with Crippen LogP contribution in [0.4, 0.5) is 18.9 Å². The molecule has 0 aliphatic rings. The molecule has 0 aromatic heterocycles. The second kappa shape index (κ2) is 6.75. The molecule has 9 heteroatoms. The highest BCUT2D eigenvalue weighted by Gasteiger charge is 2.33. The summed E-state index contributed by atoms with van der Waals surface area (Å²) in [5.74, 6) is -0.463. The lowest BCUT2D eigenvalue weighted by atomic mass is 10.1. The van der Waals surface area contributed by atoms with Crippen LogP contribution in [0.5, 0.6) is 17.2 Å². The van der Waals surface area contributed by atoms with Gasteiger partial charge in [-0.25, -0.2) is 0 Å². The lowest BCUT2D eigenvalue weighted by Gasteiger charge is -2.13. The van der Waals surface area contributed by atoms with Crippen molar-refractivity contribution in [1.29, 1.82) is 0 Å². The highest BCUT2D eigenvalue weighted by molar-refractivity contribution is 5.53. The molecule has 0 fully saturated rings. The highest BCUT2D eigenvalue weighted by Crippen LogP contribution is 2.40. The van der Waals surface area contributed by atoms with Crippen molar-refractivity contribution in [1.82, 2.24) is 0 Å². The van der Waals surface area contributed by atoms with E-state index in [-0.39, 0.29) is 18.1 Å². The normalized spacial score (nSPS) is 11.2. The Balaban J connectivity index is 2.49. The molecule has 24 heavy (non-hydrogen) atoms. The first-order chi connectivity index (χ1) is 11.3. The number of benzene rings is 2. The van der Waals surface area contributed by atoms with E-state index in [4.69, 9.17) is 14.6 Å². The van der Waals surface area contributed by atoms with Gasteiger partial charge in [0.1, 0.15) is 0 Å². The van der Waals surface area contributed by atoms with Gasteiger partial charge in [0.2, 0.25) is 5.75 Å². The van der Waals surface area contributed by atoms with Gasteiger partial charge in [0.05, 0.1) is 24.2 Å². The minimum atomic E-state index is -4.67. The zero-order chi connectivity index (χ0) is 17.9. The van der Waals surface area contributed by atoms with Gasteiger partial charge >= 0.3 is 11.9 Å². The van der Waals surface area contributed by atoms with Crippen LogP contribution in [-0.4, -0.2) is 17.1 Å². The molecule has 0 heterocycles. The fraction of sp³-hybridized carbons (Fsp3) is 0.200. The Bertz CT molecular complexity index is 761. The van der Waals surface area contributed by atoms with Crippen LogP contribution in [0.2, 0.25) is 0 Å². The maximum Gasteiger partial charge on any atom is 0.416 e. The minimum Gasteiger partial charge on any atom is -0.493 e. The van der Waals surface area contributed by atoms with Crippen LogP contribution in [-0.2, 0) is 12.8 Å². The summed E-state index contributed by atoms with van der Waals surface area (Å²) >= 11 is 0. The summed E-state index contributed by atoms with van der Waals surface area (Å²) in [4.78, 5) is 10.2. The molecular formula is C15H12F3NO5. The third-order valence-corrected chi connectivity index (χ3v) is 3.11. The van der Waals surface area contributed by atoms with Crippen molar-refractivity contribution in [3.8, 4) is 17.2 Å².